The molecule has 0 heterocycles. The average Bonchev–Trinajstić information content (AvgIpc) is 2.54. The Bertz CT molecular complexity index is 368. The molecule has 0 radical (unpaired) electrons. The Morgan fingerprint density at radius 3 is 2.32 bits per heavy atom. The van der Waals surface area contributed by atoms with Crippen molar-refractivity contribution in [3.8, 4) is 0 Å². The Morgan fingerprint density at radius 1 is 1.05 bits per heavy atom. The van der Waals surface area contributed by atoms with Gasteiger partial charge in [0.2, 0.25) is 10.0 Å². The van der Waals surface area contributed by atoms with E-state index in [4.69, 9.17) is 10.6 Å². The number of sulfonamides is 1. The smallest absolute Gasteiger partial charge is 0.235 e. The predicted molar refractivity (Wildman–Crippen MR) is 90.8 cm³/mol. The van der Waals surface area contributed by atoms with Crippen molar-refractivity contribution >= 4 is 10.0 Å². The molecule has 0 aromatic heterocycles. The van der Waals surface area contributed by atoms with E-state index >= 15 is 0 Å². The molecule has 1 aliphatic carbocycles. The number of nitrogens with two attached hydrogens (primary N) is 1. The molecule has 132 valence electrons. The maximum atomic E-state index is 12.1. The molecule has 1 rings (SSSR count). The van der Waals surface area contributed by atoms with Gasteiger partial charge in [-0.3, -0.25) is 4.84 Å². The molecule has 1 saturated carbocycles. The Hall–Kier alpha value is -0.170. The minimum Gasteiger partial charge on any atom is -0.330 e. The van der Waals surface area contributed by atoms with E-state index in [1.54, 1.807) is 6.92 Å². The average molecular weight is 335 g/mol. The Labute approximate surface area is 136 Å². The third kappa shape index (κ3) is 7.90. The fraction of sp³-hybridized carbons (Fsp3) is 1.00. The summed E-state index contributed by atoms with van der Waals surface area (Å²) in [5.74, 6) is 0.623. The highest BCUT2D eigenvalue weighted by Gasteiger charge is 2.23. The van der Waals surface area contributed by atoms with Crippen molar-refractivity contribution in [3.05, 3.63) is 0 Å². The van der Waals surface area contributed by atoms with Gasteiger partial charge in [0, 0.05) is 6.54 Å². The van der Waals surface area contributed by atoms with Crippen LogP contribution < -0.4 is 5.73 Å². The lowest BCUT2D eigenvalue weighted by Crippen LogP contribution is -2.35. The van der Waals surface area contributed by atoms with E-state index in [1.165, 1.54) is 36.6 Å². The Morgan fingerprint density at radius 2 is 1.68 bits per heavy atom. The van der Waals surface area contributed by atoms with Gasteiger partial charge in [-0.15, -0.1) is 0 Å². The highest BCUT2D eigenvalue weighted by atomic mass is 32.2. The molecule has 1 fully saturated rings. The standard InChI is InChI=1S/C16H34N2O3S/c1-2-22(19,20)18(14-10-5-3-4-9-13-17)21-15-16-11-7-6-8-12-16/h16H,2-15,17H2,1H3. The summed E-state index contributed by atoms with van der Waals surface area (Å²) in [6, 6.07) is 0. The molecule has 0 atom stereocenters. The highest BCUT2D eigenvalue weighted by molar-refractivity contribution is 7.88. The van der Waals surface area contributed by atoms with Crippen LogP contribution in [-0.4, -0.2) is 38.3 Å². The zero-order valence-corrected chi connectivity index (χ0v) is 15.0. The molecular formula is C16H34N2O3S. The molecule has 0 aromatic carbocycles. The number of nitrogens with zero attached hydrogens (tertiary/aromatic N) is 1. The maximum Gasteiger partial charge on any atom is 0.235 e. The monoisotopic (exact) mass is 334 g/mol. The van der Waals surface area contributed by atoms with E-state index < -0.39 is 10.0 Å². The van der Waals surface area contributed by atoms with Gasteiger partial charge in [0.05, 0.1) is 12.4 Å². The summed E-state index contributed by atoms with van der Waals surface area (Å²) in [7, 11) is -3.27. The second-order valence-corrected chi connectivity index (χ2v) is 8.43. The van der Waals surface area contributed by atoms with Crippen LogP contribution in [0, 0.1) is 5.92 Å². The first kappa shape index (κ1) is 19.9. The fourth-order valence-corrected chi connectivity index (χ4v) is 3.80. The molecule has 0 aromatic rings. The van der Waals surface area contributed by atoms with Gasteiger partial charge in [-0.2, -0.15) is 0 Å². The van der Waals surface area contributed by atoms with Gasteiger partial charge in [0.15, 0.2) is 0 Å². The van der Waals surface area contributed by atoms with Crippen molar-refractivity contribution in [1.29, 1.82) is 0 Å². The Balaban J connectivity index is 2.33. The fourth-order valence-electron chi connectivity index (χ4n) is 2.89. The normalized spacial score (nSPS) is 17.2. The molecule has 6 heteroatoms. The van der Waals surface area contributed by atoms with E-state index in [0.717, 1.165) is 38.6 Å². The van der Waals surface area contributed by atoms with E-state index in [9.17, 15) is 8.42 Å². The molecular weight excluding hydrogens is 300 g/mol. The minimum atomic E-state index is -3.27. The van der Waals surface area contributed by atoms with Crippen molar-refractivity contribution in [2.24, 2.45) is 11.7 Å². The number of hydrogen-bond donors (Lipinski definition) is 1. The van der Waals surface area contributed by atoms with Crippen molar-refractivity contribution < 1.29 is 13.3 Å². The molecule has 0 spiro atoms. The molecule has 0 amide bonds. The van der Waals surface area contributed by atoms with Crippen molar-refractivity contribution in [3.63, 3.8) is 0 Å². The van der Waals surface area contributed by atoms with Gasteiger partial charge in [-0.05, 0) is 45.1 Å². The summed E-state index contributed by atoms with van der Waals surface area (Å²) in [4.78, 5) is 5.69. The largest absolute Gasteiger partial charge is 0.330 e. The Kier molecular flexibility index (Phi) is 10.3. The number of hydrogen-bond acceptors (Lipinski definition) is 4. The predicted octanol–water partition coefficient (Wildman–Crippen LogP) is 3.06. The summed E-state index contributed by atoms with van der Waals surface area (Å²) in [6.45, 7) is 3.44. The van der Waals surface area contributed by atoms with E-state index in [1.807, 2.05) is 0 Å². The number of hydroxylamine groups is 1. The van der Waals surface area contributed by atoms with Crippen molar-refractivity contribution in [2.45, 2.75) is 71.1 Å². The first-order valence-electron chi connectivity index (χ1n) is 8.93. The van der Waals surface area contributed by atoms with Crippen LogP contribution in [0.15, 0.2) is 0 Å². The van der Waals surface area contributed by atoms with Crippen LogP contribution in [0.2, 0.25) is 0 Å². The maximum absolute atomic E-state index is 12.1. The van der Waals surface area contributed by atoms with Gasteiger partial charge in [0.25, 0.3) is 0 Å². The lowest BCUT2D eigenvalue weighted by molar-refractivity contribution is -0.103. The topological polar surface area (TPSA) is 72.6 Å². The molecule has 5 nitrogen and oxygen atoms in total. The van der Waals surface area contributed by atoms with Crippen LogP contribution >= 0.6 is 0 Å². The quantitative estimate of drug-likeness (QED) is 0.440. The van der Waals surface area contributed by atoms with Gasteiger partial charge < -0.3 is 5.73 Å². The third-order valence-electron chi connectivity index (χ3n) is 4.40. The minimum absolute atomic E-state index is 0.102. The molecule has 0 unspecified atom stereocenters. The number of unbranched alkanes of at least 4 members (excludes halogenated alkanes) is 4. The van der Waals surface area contributed by atoms with Crippen molar-refractivity contribution in [2.75, 3.05) is 25.4 Å². The van der Waals surface area contributed by atoms with Gasteiger partial charge in [-0.25, -0.2) is 8.42 Å². The number of rotatable bonds is 12. The summed E-state index contributed by atoms with van der Waals surface area (Å²) in [5, 5.41) is 0. The van der Waals surface area contributed by atoms with Crippen LogP contribution in [0.25, 0.3) is 0 Å². The van der Waals surface area contributed by atoms with Crippen LogP contribution in [0.5, 0.6) is 0 Å². The van der Waals surface area contributed by atoms with E-state index in [0.29, 0.717) is 19.1 Å². The van der Waals surface area contributed by atoms with E-state index in [-0.39, 0.29) is 5.75 Å². The van der Waals surface area contributed by atoms with Gasteiger partial charge >= 0.3 is 0 Å². The zero-order valence-electron chi connectivity index (χ0n) is 14.1. The molecule has 2 N–H and O–H groups in total. The molecule has 0 saturated heterocycles. The zero-order chi connectivity index (χ0) is 16.3. The first-order valence-corrected chi connectivity index (χ1v) is 10.5. The van der Waals surface area contributed by atoms with Crippen LogP contribution in [0.3, 0.4) is 0 Å². The summed E-state index contributed by atoms with van der Waals surface area (Å²) in [5.41, 5.74) is 5.47. The molecule has 22 heavy (non-hydrogen) atoms. The van der Waals surface area contributed by atoms with Crippen LogP contribution in [0.4, 0.5) is 0 Å². The summed E-state index contributed by atoms with van der Waals surface area (Å²) < 4.78 is 25.5. The lowest BCUT2D eigenvalue weighted by atomic mass is 9.90. The summed E-state index contributed by atoms with van der Waals surface area (Å²) in [6.07, 6.45) is 11.3. The lowest BCUT2D eigenvalue weighted by Gasteiger charge is -2.26. The molecule has 0 bridgehead atoms. The highest BCUT2D eigenvalue weighted by Crippen LogP contribution is 2.24. The van der Waals surface area contributed by atoms with Crippen molar-refractivity contribution in [1.82, 2.24) is 4.47 Å². The SMILES string of the molecule is CCS(=O)(=O)N(CCCCCCCN)OCC1CCCCC1. The van der Waals surface area contributed by atoms with Crippen LogP contribution in [-0.2, 0) is 14.9 Å². The summed E-state index contributed by atoms with van der Waals surface area (Å²) >= 11 is 0. The molecule has 0 aliphatic heterocycles. The first-order chi connectivity index (χ1) is 10.6. The molecule has 1 aliphatic rings. The van der Waals surface area contributed by atoms with E-state index in [2.05, 4.69) is 0 Å². The second kappa shape index (κ2) is 11.4. The van der Waals surface area contributed by atoms with Gasteiger partial charge in [0.1, 0.15) is 0 Å². The van der Waals surface area contributed by atoms with Gasteiger partial charge in [-0.1, -0.05) is 43.0 Å². The second-order valence-electron chi connectivity index (χ2n) is 6.28. The van der Waals surface area contributed by atoms with Crippen LogP contribution in [0.1, 0.15) is 71.1 Å². The third-order valence-corrected chi connectivity index (χ3v) is 6.04.